The highest BCUT2D eigenvalue weighted by Gasteiger charge is 2.35. The van der Waals surface area contributed by atoms with Crippen LogP contribution in [0, 0.1) is 0 Å². The van der Waals surface area contributed by atoms with Gasteiger partial charge in [0.1, 0.15) is 0 Å². The summed E-state index contributed by atoms with van der Waals surface area (Å²) in [7, 11) is 0. The van der Waals surface area contributed by atoms with Crippen molar-refractivity contribution in [1.82, 2.24) is 20.1 Å². The van der Waals surface area contributed by atoms with E-state index in [-0.39, 0.29) is 17.6 Å². The minimum Gasteiger partial charge on any atom is -0.389 e. The van der Waals surface area contributed by atoms with Gasteiger partial charge in [-0.3, -0.25) is 9.78 Å². The molecule has 2 unspecified atom stereocenters. The van der Waals surface area contributed by atoms with E-state index in [4.69, 9.17) is 4.74 Å². The van der Waals surface area contributed by atoms with Crippen molar-refractivity contribution in [1.29, 1.82) is 0 Å². The number of hydrogen-bond acceptors (Lipinski definition) is 6. The first-order chi connectivity index (χ1) is 13.1. The minimum absolute atomic E-state index is 0.0506. The molecule has 1 aliphatic heterocycles. The molecule has 2 N–H and O–H groups in total. The van der Waals surface area contributed by atoms with Gasteiger partial charge in [-0.05, 0) is 31.0 Å². The third-order valence-corrected chi connectivity index (χ3v) is 5.62. The first kappa shape index (κ1) is 18.3. The van der Waals surface area contributed by atoms with E-state index < -0.39 is 5.60 Å². The van der Waals surface area contributed by atoms with Gasteiger partial charge in [-0.25, -0.2) is 4.68 Å². The molecule has 0 radical (unpaired) electrons. The molecule has 4 rings (SSSR count). The number of pyridine rings is 1. The van der Waals surface area contributed by atoms with Gasteiger partial charge in [0.25, 0.3) is 5.56 Å². The Morgan fingerprint density at radius 3 is 2.85 bits per heavy atom. The summed E-state index contributed by atoms with van der Waals surface area (Å²) in [5.41, 5.74) is 0.771. The molecule has 0 spiro atoms. The van der Waals surface area contributed by atoms with Gasteiger partial charge in [-0.1, -0.05) is 19.3 Å². The largest absolute Gasteiger partial charge is 0.389 e. The number of aromatic nitrogens is 3. The number of rotatable bonds is 5. The van der Waals surface area contributed by atoms with Gasteiger partial charge in [0.05, 0.1) is 36.6 Å². The van der Waals surface area contributed by atoms with Gasteiger partial charge in [0.15, 0.2) is 0 Å². The maximum Gasteiger partial charge on any atom is 0.267 e. The number of aliphatic hydroxyl groups is 1. The van der Waals surface area contributed by atoms with Crippen molar-refractivity contribution >= 4 is 0 Å². The molecule has 1 aliphatic carbocycles. The Bertz CT molecular complexity index is 817. The first-order valence-corrected chi connectivity index (χ1v) is 9.68. The molecule has 7 nitrogen and oxygen atoms in total. The van der Waals surface area contributed by atoms with Crippen molar-refractivity contribution in [3.8, 4) is 11.3 Å². The highest BCUT2D eigenvalue weighted by Crippen LogP contribution is 2.28. The van der Waals surface area contributed by atoms with E-state index >= 15 is 0 Å². The second-order valence-electron chi connectivity index (χ2n) is 7.62. The Hall–Kier alpha value is -2.09. The average molecular weight is 370 g/mol. The molecule has 2 aromatic heterocycles. The summed E-state index contributed by atoms with van der Waals surface area (Å²) in [6, 6.07) is 6.79. The summed E-state index contributed by atoms with van der Waals surface area (Å²) in [6.45, 7) is 1.46. The van der Waals surface area contributed by atoms with Crippen molar-refractivity contribution in [2.45, 2.75) is 49.8 Å². The van der Waals surface area contributed by atoms with Crippen molar-refractivity contribution in [2.24, 2.45) is 0 Å². The Balaban J connectivity index is 1.52. The highest BCUT2D eigenvalue weighted by molar-refractivity contribution is 5.56. The Labute approximate surface area is 158 Å². The van der Waals surface area contributed by atoms with E-state index in [2.05, 4.69) is 15.4 Å². The first-order valence-electron chi connectivity index (χ1n) is 9.68. The molecule has 144 valence electrons. The van der Waals surface area contributed by atoms with E-state index in [1.165, 1.54) is 11.1 Å². The molecule has 0 amide bonds. The van der Waals surface area contributed by atoms with Gasteiger partial charge < -0.3 is 15.2 Å². The smallest absolute Gasteiger partial charge is 0.267 e. The zero-order chi connectivity index (χ0) is 18.7. The van der Waals surface area contributed by atoms with Crippen LogP contribution >= 0.6 is 0 Å². The Morgan fingerprint density at radius 2 is 2.07 bits per heavy atom. The third-order valence-electron chi connectivity index (χ3n) is 5.62. The van der Waals surface area contributed by atoms with Gasteiger partial charge >= 0.3 is 0 Å². The fourth-order valence-corrected chi connectivity index (χ4v) is 4.02. The van der Waals surface area contributed by atoms with Crippen LogP contribution in [0.5, 0.6) is 0 Å². The second-order valence-corrected chi connectivity index (χ2v) is 7.62. The predicted octanol–water partition coefficient (Wildman–Crippen LogP) is 1.53. The molecule has 2 fully saturated rings. The SMILES string of the molecule is O=c1ccc(-c2cccnc2)nn1C1COCC1NCC1(O)CCCCC1. The van der Waals surface area contributed by atoms with Crippen LogP contribution in [0.3, 0.4) is 0 Å². The van der Waals surface area contributed by atoms with Gasteiger partial charge in [0.2, 0.25) is 0 Å². The lowest BCUT2D eigenvalue weighted by atomic mass is 9.84. The van der Waals surface area contributed by atoms with Crippen LogP contribution in [-0.4, -0.2) is 51.3 Å². The molecule has 2 aliphatic rings. The molecule has 2 aromatic rings. The maximum absolute atomic E-state index is 12.5. The van der Waals surface area contributed by atoms with Crippen LogP contribution < -0.4 is 10.9 Å². The van der Waals surface area contributed by atoms with Crippen LogP contribution in [0.2, 0.25) is 0 Å². The molecule has 2 atom stereocenters. The van der Waals surface area contributed by atoms with Crippen molar-refractivity contribution in [3.05, 3.63) is 47.0 Å². The summed E-state index contributed by atoms with van der Waals surface area (Å²) in [5.74, 6) is 0. The lowest BCUT2D eigenvalue weighted by Crippen LogP contribution is -2.49. The summed E-state index contributed by atoms with van der Waals surface area (Å²) in [4.78, 5) is 16.6. The van der Waals surface area contributed by atoms with Gasteiger partial charge in [0, 0.05) is 30.6 Å². The molecule has 3 heterocycles. The Kier molecular flexibility index (Phi) is 5.33. The number of nitrogens with one attached hydrogen (secondary N) is 1. The molecule has 0 bridgehead atoms. The van der Waals surface area contributed by atoms with Crippen LogP contribution in [0.15, 0.2) is 41.5 Å². The normalized spacial score (nSPS) is 24.8. The second kappa shape index (κ2) is 7.88. The average Bonchev–Trinajstić information content (AvgIpc) is 3.17. The molecule has 7 heteroatoms. The molecular weight excluding hydrogens is 344 g/mol. The van der Waals surface area contributed by atoms with Crippen molar-refractivity contribution < 1.29 is 9.84 Å². The summed E-state index contributed by atoms with van der Waals surface area (Å²) in [6.07, 6.45) is 8.42. The zero-order valence-electron chi connectivity index (χ0n) is 15.4. The van der Waals surface area contributed by atoms with E-state index in [0.29, 0.717) is 25.5 Å². The van der Waals surface area contributed by atoms with E-state index in [1.807, 2.05) is 12.1 Å². The van der Waals surface area contributed by atoms with Gasteiger partial charge in [-0.15, -0.1) is 0 Å². The summed E-state index contributed by atoms with van der Waals surface area (Å²) >= 11 is 0. The van der Waals surface area contributed by atoms with Crippen LogP contribution in [0.4, 0.5) is 0 Å². The standard InChI is InChI=1S/C20H26N4O3/c25-19-7-6-16(15-5-4-10-21-11-15)23-24(19)18-13-27-12-17(18)22-14-20(26)8-2-1-3-9-20/h4-7,10-11,17-18,22,26H,1-3,8-9,12-14H2. The fraction of sp³-hybridized carbons (Fsp3) is 0.550. The minimum atomic E-state index is -0.651. The van der Waals surface area contributed by atoms with Crippen LogP contribution in [-0.2, 0) is 4.74 Å². The Morgan fingerprint density at radius 1 is 1.22 bits per heavy atom. The summed E-state index contributed by atoms with van der Waals surface area (Å²) < 4.78 is 7.15. The summed E-state index contributed by atoms with van der Waals surface area (Å²) in [5, 5.41) is 18.7. The molecular formula is C20H26N4O3. The van der Waals surface area contributed by atoms with Crippen molar-refractivity contribution in [2.75, 3.05) is 19.8 Å². The van der Waals surface area contributed by atoms with Crippen molar-refractivity contribution in [3.63, 3.8) is 0 Å². The number of nitrogens with zero attached hydrogens (tertiary/aromatic N) is 3. The quantitative estimate of drug-likeness (QED) is 0.830. The predicted molar refractivity (Wildman–Crippen MR) is 101 cm³/mol. The highest BCUT2D eigenvalue weighted by atomic mass is 16.5. The third kappa shape index (κ3) is 4.10. The van der Waals surface area contributed by atoms with E-state index in [0.717, 1.165) is 31.2 Å². The lowest BCUT2D eigenvalue weighted by Gasteiger charge is -2.34. The molecule has 1 saturated heterocycles. The number of ether oxygens (including phenoxy) is 1. The maximum atomic E-state index is 12.5. The zero-order valence-corrected chi connectivity index (χ0v) is 15.4. The molecule has 1 saturated carbocycles. The van der Waals surface area contributed by atoms with E-state index in [1.54, 1.807) is 24.5 Å². The lowest BCUT2D eigenvalue weighted by molar-refractivity contribution is 0.00164. The molecule has 27 heavy (non-hydrogen) atoms. The number of hydrogen-bond donors (Lipinski definition) is 2. The molecule has 0 aromatic carbocycles. The fourth-order valence-electron chi connectivity index (χ4n) is 4.02. The van der Waals surface area contributed by atoms with Crippen LogP contribution in [0.25, 0.3) is 11.3 Å². The van der Waals surface area contributed by atoms with E-state index in [9.17, 15) is 9.90 Å². The monoisotopic (exact) mass is 370 g/mol. The van der Waals surface area contributed by atoms with Crippen LogP contribution in [0.1, 0.15) is 38.1 Å². The van der Waals surface area contributed by atoms with Gasteiger partial charge in [-0.2, -0.15) is 5.10 Å². The topological polar surface area (TPSA) is 89.3 Å².